The molecule has 0 aromatic rings. The summed E-state index contributed by atoms with van der Waals surface area (Å²) >= 11 is 0. The van der Waals surface area contributed by atoms with Crippen molar-refractivity contribution in [2.75, 3.05) is 6.54 Å². The van der Waals surface area contributed by atoms with Gasteiger partial charge in [0.1, 0.15) is 18.1 Å². The molecule has 0 saturated carbocycles. The van der Waals surface area contributed by atoms with Crippen LogP contribution in [0.15, 0.2) is 0 Å². The maximum Gasteiger partial charge on any atom is 0.326 e. The Hall–Kier alpha value is -3.26. The predicted molar refractivity (Wildman–Crippen MR) is 124 cm³/mol. The summed E-state index contributed by atoms with van der Waals surface area (Å²) in [6, 6.07) is -5.18. The molecule has 0 aromatic heterocycles. The van der Waals surface area contributed by atoms with E-state index in [9.17, 15) is 39.0 Å². The molecule has 0 aliphatic rings. The Morgan fingerprint density at radius 2 is 1.46 bits per heavy atom. The van der Waals surface area contributed by atoms with Gasteiger partial charge in [-0.15, -0.1) is 0 Å². The predicted octanol–water partition coefficient (Wildman–Crippen LogP) is -2.23. The van der Waals surface area contributed by atoms with Gasteiger partial charge in [-0.2, -0.15) is 0 Å². The summed E-state index contributed by atoms with van der Waals surface area (Å²) in [6.07, 6.45) is 0.473. The highest BCUT2D eigenvalue weighted by Crippen LogP contribution is 2.10. The monoisotopic (exact) mass is 502 g/mol. The first kappa shape index (κ1) is 31.7. The molecule has 0 aliphatic heterocycles. The maximum absolute atomic E-state index is 13.0. The standard InChI is InChI=1S/C21H38N6O8/c1-3-11(2)17(27-18(31)12(23)7-8-15(24)28)20(33)26-14(10-16(29)30)19(32)25-13(21(34)35)6-4-5-9-22/h11-14,17H,3-10,22-23H2,1-2H3,(H2,24,28)(H,25,32)(H,26,33)(H,27,31)(H,29,30)(H,34,35). The summed E-state index contributed by atoms with van der Waals surface area (Å²) in [4.78, 5) is 71.7. The molecular weight excluding hydrogens is 464 g/mol. The summed E-state index contributed by atoms with van der Waals surface area (Å²) < 4.78 is 0. The zero-order valence-electron chi connectivity index (χ0n) is 20.1. The van der Waals surface area contributed by atoms with Crippen LogP contribution in [-0.2, 0) is 28.8 Å². The quantitative estimate of drug-likeness (QED) is 0.0935. The number of carbonyl (C=O) groups excluding carboxylic acids is 4. The molecule has 0 spiro atoms. The Bertz CT molecular complexity index is 762. The first-order valence-corrected chi connectivity index (χ1v) is 11.4. The second-order valence-electron chi connectivity index (χ2n) is 8.33. The van der Waals surface area contributed by atoms with Crippen molar-refractivity contribution < 1.29 is 39.0 Å². The summed E-state index contributed by atoms with van der Waals surface area (Å²) in [5.41, 5.74) is 16.2. The van der Waals surface area contributed by atoms with E-state index < -0.39 is 72.1 Å². The molecule has 5 unspecified atom stereocenters. The van der Waals surface area contributed by atoms with Gasteiger partial charge in [0.25, 0.3) is 0 Å². The number of hydrogen-bond donors (Lipinski definition) is 8. The van der Waals surface area contributed by atoms with Crippen LogP contribution in [0.4, 0.5) is 0 Å². The fourth-order valence-electron chi connectivity index (χ4n) is 3.06. The van der Waals surface area contributed by atoms with Crippen LogP contribution in [0.25, 0.3) is 0 Å². The van der Waals surface area contributed by atoms with E-state index in [-0.39, 0.29) is 19.3 Å². The highest BCUT2D eigenvalue weighted by molar-refractivity contribution is 5.95. The molecule has 5 atom stereocenters. The third kappa shape index (κ3) is 12.7. The molecule has 0 rings (SSSR count). The number of aliphatic carboxylic acids is 2. The van der Waals surface area contributed by atoms with Crippen molar-refractivity contribution >= 4 is 35.6 Å². The fourth-order valence-corrected chi connectivity index (χ4v) is 3.06. The van der Waals surface area contributed by atoms with Crippen LogP contribution in [0.1, 0.15) is 58.8 Å². The van der Waals surface area contributed by atoms with Crippen molar-refractivity contribution in [2.24, 2.45) is 23.1 Å². The third-order valence-corrected chi connectivity index (χ3v) is 5.40. The molecule has 200 valence electrons. The van der Waals surface area contributed by atoms with Crippen LogP contribution in [-0.4, -0.2) is 76.5 Å². The minimum Gasteiger partial charge on any atom is -0.481 e. The second-order valence-corrected chi connectivity index (χ2v) is 8.33. The van der Waals surface area contributed by atoms with Gasteiger partial charge in [0, 0.05) is 6.42 Å². The Kier molecular flexibility index (Phi) is 14.9. The molecular formula is C21H38N6O8. The van der Waals surface area contributed by atoms with Crippen molar-refractivity contribution in [3.05, 3.63) is 0 Å². The molecule has 14 heteroatoms. The number of carboxylic acid groups (broad SMARTS) is 2. The molecule has 0 heterocycles. The number of amides is 4. The van der Waals surface area contributed by atoms with Gasteiger partial charge in [0.15, 0.2) is 0 Å². The number of carboxylic acids is 2. The average molecular weight is 503 g/mol. The van der Waals surface area contributed by atoms with Crippen LogP contribution in [0, 0.1) is 5.92 Å². The fraction of sp³-hybridized carbons (Fsp3) is 0.714. The molecule has 0 saturated heterocycles. The van der Waals surface area contributed by atoms with Crippen LogP contribution in [0.3, 0.4) is 0 Å². The lowest BCUT2D eigenvalue weighted by Crippen LogP contribution is -2.59. The van der Waals surface area contributed by atoms with Crippen molar-refractivity contribution in [3.63, 3.8) is 0 Å². The summed E-state index contributed by atoms with van der Waals surface area (Å²) in [6.45, 7) is 3.75. The average Bonchev–Trinajstić information content (AvgIpc) is 2.78. The van der Waals surface area contributed by atoms with Gasteiger partial charge in [-0.25, -0.2) is 4.79 Å². The molecule has 14 nitrogen and oxygen atoms in total. The highest BCUT2D eigenvalue weighted by Gasteiger charge is 2.33. The molecule has 0 radical (unpaired) electrons. The first-order valence-electron chi connectivity index (χ1n) is 11.4. The lowest BCUT2D eigenvalue weighted by atomic mass is 9.97. The number of nitrogens with one attached hydrogen (secondary N) is 3. The summed E-state index contributed by atoms with van der Waals surface area (Å²) in [7, 11) is 0. The zero-order valence-corrected chi connectivity index (χ0v) is 20.1. The van der Waals surface area contributed by atoms with Crippen molar-refractivity contribution in [2.45, 2.75) is 83.0 Å². The normalized spacial score (nSPS) is 15.1. The summed E-state index contributed by atoms with van der Waals surface area (Å²) in [5.74, 6) is -6.35. The van der Waals surface area contributed by atoms with E-state index in [2.05, 4.69) is 16.0 Å². The summed E-state index contributed by atoms with van der Waals surface area (Å²) in [5, 5.41) is 25.6. The topological polar surface area (TPSA) is 257 Å². The van der Waals surface area contributed by atoms with Crippen molar-refractivity contribution in [1.29, 1.82) is 0 Å². The van der Waals surface area contributed by atoms with Crippen LogP contribution in [0.5, 0.6) is 0 Å². The van der Waals surface area contributed by atoms with E-state index >= 15 is 0 Å². The van der Waals surface area contributed by atoms with Crippen LogP contribution in [0.2, 0.25) is 0 Å². The highest BCUT2D eigenvalue weighted by atomic mass is 16.4. The van der Waals surface area contributed by atoms with Gasteiger partial charge in [0.05, 0.1) is 12.5 Å². The molecule has 0 aliphatic carbocycles. The van der Waals surface area contributed by atoms with Crippen LogP contribution >= 0.6 is 0 Å². The Morgan fingerprint density at radius 1 is 0.857 bits per heavy atom. The van der Waals surface area contributed by atoms with Crippen LogP contribution < -0.4 is 33.2 Å². The van der Waals surface area contributed by atoms with E-state index in [0.717, 1.165) is 0 Å². The number of rotatable bonds is 18. The van der Waals surface area contributed by atoms with E-state index in [1.54, 1.807) is 13.8 Å². The molecule has 35 heavy (non-hydrogen) atoms. The SMILES string of the molecule is CCC(C)C(NC(=O)C(N)CCC(N)=O)C(=O)NC(CC(=O)O)C(=O)NC(CCCCN)C(=O)O. The number of unbranched alkanes of at least 4 members (excludes halogenated alkanes) is 1. The molecule has 0 bridgehead atoms. The number of carbonyl (C=O) groups is 6. The van der Waals surface area contributed by atoms with E-state index in [4.69, 9.17) is 17.2 Å². The second kappa shape index (κ2) is 16.4. The van der Waals surface area contributed by atoms with Crippen molar-refractivity contribution in [3.8, 4) is 0 Å². The van der Waals surface area contributed by atoms with Gasteiger partial charge >= 0.3 is 11.9 Å². The van der Waals surface area contributed by atoms with Gasteiger partial charge in [-0.05, 0) is 38.1 Å². The lowest BCUT2D eigenvalue weighted by molar-refractivity contribution is -0.144. The number of primary amides is 1. The first-order chi connectivity index (χ1) is 16.3. The smallest absolute Gasteiger partial charge is 0.326 e. The van der Waals surface area contributed by atoms with Crippen molar-refractivity contribution in [1.82, 2.24) is 16.0 Å². The van der Waals surface area contributed by atoms with Gasteiger partial charge in [-0.3, -0.25) is 24.0 Å². The number of nitrogens with two attached hydrogens (primary N) is 3. The maximum atomic E-state index is 13.0. The van der Waals surface area contributed by atoms with E-state index in [1.807, 2.05) is 0 Å². The molecule has 11 N–H and O–H groups in total. The molecule has 0 aromatic carbocycles. The van der Waals surface area contributed by atoms with E-state index in [1.165, 1.54) is 0 Å². The Labute approximate surface area is 203 Å². The molecule has 0 fully saturated rings. The minimum absolute atomic E-state index is 0.0409. The third-order valence-electron chi connectivity index (χ3n) is 5.40. The Balaban J connectivity index is 5.50. The van der Waals surface area contributed by atoms with Gasteiger partial charge in [0.2, 0.25) is 23.6 Å². The largest absolute Gasteiger partial charge is 0.481 e. The number of hydrogen-bond acceptors (Lipinski definition) is 8. The van der Waals surface area contributed by atoms with Gasteiger partial charge in [-0.1, -0.05) is 20.3 Å². The minimum atomic E-state index is -1.59. The Morgan fingerprint density at radius 3 is 1.94 bits per heavy atom. The zero-order chi connectivity index (χ0) is 27.1. The van der Waals surface area contributed by atoms with Gasteiger partial charge < -0.3 is 43.4 Å². The molecule has 4 amide bonds. The lowest BCUT2D eigenvalue weighted by Gasteiger charge is -2.27. The van der Waals surface area contributed by atoms with E-state index in [0.29, 0.717) is 25.8 Å².